The van der Waals surface area contributed by atoms with Crippen molar-refractivity contribution in [1.29, 1.82) is 0 Å². The molecule has 1 N–H and O–H groups in total. The van der Waals surface area contributed by atoms with Crippen molar-refractivity contribution in [3.05, 3.63) is 64.9 Å². The number of anilines is 1. The monoisotopic (exact) mass is 291 g/mol. The molecule has 0 saturated heterocycles. The number of amides is 2. The largest absolute Gasteiger partial charge is 0.334 e. The molecule has 0 bridgehead atoms. The lowest BCUT2D eigenvalue weighted by molar-refractivity contribution is 0.247. The number of hydrogen-bond acceptors (Lipinski definition) is 1. The van der Waals surface area contributed by atoms with E-state index in [1.165, 1.54) is 11.0 Å². The number of rotatable bonds is 3. The highest BCUT2D eigenvalue weighted by molar-refractivity contribution is 6.31. The molecule has 0 aromatic heterocycles. The average molecular weight is 292 g/mol. The number of halogens is 2. The van der Waals surface area contributed by atoms with Crippen molar-refractivity contribution in [2.45, 2.75) is 6.54 Å². The molecule has 1 radical (unpaired) electrons. The molecule has 0 unspecified atom stereocenters. The number of carbonyl (C=O) groups excluding carboxylic acids is 1. The first-order valence-corrected chi connectivity index (χ1v) is 6.38. The number of para-hydroxylation sites is 1. The molecule has 0 heterocycles. The van der Waals surface area contributed by atoms with E-state index in [2.05, 4.69) is 11.4 Å². The van der Waals surface area contributed by atoms with E-state index in [-0.39, 0.29) is 17.6 Å². The van der Waals surface area contributed by atoms with Gasteiger partial charge in [-0.05, 0) is 17.7 Å². The minimum absolute atomic E-state index is 0.0294. The van der Waals surface area contributed by atoms with E-state index < -0.39 is 5.82 Å². The molecule has 20 heavy (non-hydrogen) atoms. The molecular formula is C15H13ClFN2O. The van der Waals surface area contributed by atoms with E-state index >= 15 is 0 Å². The maximum atomic E-state index is 13.3. The van der Waals surface area contributed by atoms with E-state index in [1.807, 2.05) is 12.1 Å². The summed E-state index contributed by atoms with van der Waals surface area (Å²) in [5, 5.41) is 2.71. The highest BCUT2D eigenvalue weighted by atomic mass is 35.5. The van der Waals surface area contributed by atoms with Crippen molar-refractivity contribution < 1.29 is 9.18 Å². The van der Waals surface area contributed by atoms with Gasteiger partial charge in [-0.25, -0.2) is 9.18 Å². The lowest BCUT2D eigenvalue weighted by atomic mass is 10.2. The zero-order valence-electron chi connectivity index (χ0n) is 10.9. The Bertz CT molecular complexity index is 604. The number of hydrogen-bond donors (Lipinski definition) is 1. The van der Waals surface area contributed by atoms with Crippen molar-refractivity contribution in [3.63, 3.8) is 0 Å². The van der Waals surface area contributed by atoms with Crippen LogP contribution in [-0.4, -0.2) is 13.1 Å². The van der Waals surface area contributed by atoms with Crippen LogP contribution in [0.4, 0.5) is 14.9 Å². The minimum atomic E-state index is -0.497. The number of urea groups is 1. The van der Waals surface area contributed by atoms with E-state index in [4.69, 9.17) is 11.6 Å². The zero-order chi connectivity index (χ0) is 14.5. The summed E-state index contributed by atoms with van der Waals surface area (Å²) >= 11 is 5.83. The predicted octanol–water partition coefficient (Wildman–Crippen LogP) is 3.63. The fraction of sp³-hybridized carbons (Fsp3) is 0.133. The first kappa shape index (κ1) is 14.3. The molecule has 0 aliphatic rings. The Hall–Kier alpha value is -2.07. The molecule has 2 aromatic carbocycles. The van der Waals surface area contributed by atoms with Crippen molar-refractivity contribution in [2.24, 2.45) is 0 Å². The lowest BCUT2D eigenvalue weighted by Crippen LogP contribution is -2.36. The summed E-state index contributed by atoms with van der Waals surface area (Å²) in [5.74, 6) is -0.497. The molecule has 0 aliphatic carbocycles. The van der Waals surface area contributed by atoms with Crippen molar-refractivity contribution in [2.75, 3.05) is 11.9 Å². The third-order valence-corrected chi connectivity index (χ3v) is 3.24. The highest BCUT2D eigenvalue weighted by Crippen LogP contribution is 2.19. The average Bonchev–Trinajstić information content (AvgIpc) is 2.48. The number of nitrogens with one attached hydrogen (secondary N) is 1. The Balaban J connectivity index is 2.00. The molecule has 103 valence electrons. The Kier molecular flexibility index (Phi) is 4.58. The van der Waals surface area contributed by atoms with Crippen LogP contribution in [0.3, 0.4) is 0 Å². The molecular weight excluding hydrogens is 279 g/mol. The number of nitrogens with zero attached hydrogens (tertiary/aromatic N) is 1. The van der Waals surface area contributed by atoms with Gasteiger partial charge in [0.15, 0.2) is 0 Å². The fourth-order valence-electron chi connectivity index (χ4n) is 1.68. The Morgan fingerprint density at radius 1 is 1.35 bits per heavy atom. The van der Waals surface area contributed by atoms with E-state index in [1.54, 1.807) is 31.3 Å². The second-order valence-corrected chi connectivity index (χ2v) is 4.56. The SMILES string of the molecule is CN(C(=O)NCc1cccc(F)c1Cl)c1[c]cccc1. The summed E-state index contributed by atoms with van der Waals surface area (Å²) in [6, 6.07) is 14.3. The van der Waals surface area contributed by atoms with Gasteiger partial charge in [0.05, 0.1) is 10.7 Å². The smallest absolute Gasteiger partial charge is 0.321 e. The van der Waals surface area contributed by atoms with Gasteiger partial charge in [0.25, 0.3) is 0 Å². The van der Waals surface area contributed by atoms with Gasteiger partial charge in [-0.3, -0.25) is 4.90 Å². The zero-order valence-corrected chi connectivity index (χ0v) is 11.6. The summed E-state index contributed by atoms with van der Waals surface area (Å²) in [4.78, 5) is 13.4. The van der Waals surface area contributed by atoms with Crippen molar-refractivity contribution >= 4 is 23.3 Å². The van der Waals surface area contributed by atoms with Gasteiger partial charge in [0.1, 0.15) is 5.82 Å². The van der Waals surface area contributed by atoms with Crippen LogP contribution in [0.5, 0.6) is 0 Å². The summed E-state index contributed by atoms with van der Waals surface area (Å²) in [7, 11) is 1.63. The molecule has 5 heteroatoms. The van der Waals surface area contributed by atoms with Crippen LogP contribution in [0, 0.1) is 11.9 Å². The Morgan fingerprint density at radius 2 is 2.15 bits per heavy atom. The highest BCUT2D eigenvalue weighted by Gasteiger charge is 2.11. The molecule has 2 amide bonds. The molecule has 0 atom stereocenters. The summed E-state index contributed by atoms with van der Waals surface area (Å²) < 4.78 is 13.3. The molecule has 0 saturated carbocycles. The van der Waals surface area contributed by atoms with Gasteiger partial charge in [-0.15, -0.1) is 0 Å². The Labute approximate surface area is 122 Å². The fourth-order valence-corrected chi connectivity index (χ4v) is 1.87. The molecule has 3 nitrogen and oxygen atoms in total. The minimum Gasteiger partial charge on any atom is -0.334 e. The second kappa shape index (κ2) is 6.39. The Morgan fingerprint density at radius 3 is 2.85 bits per heavy atom. The van der Waals surface area contributed by atoms with Crippen molar-refractivity contribution in [1.82, 2.24) is 5.32 Å². The maximum absolute atomic E-state index is 13.3. The summed E-state index contributed by atoms with van der Waals surface area (Å²) in [6.07, 6.45) is 0. The van der Waals surface area contributed by atoms with Gasteiger partial charge in [-0.1, -0.05) is 41.9 Å². The van der Waals surface area contributed by atoms with Gasteiger partial charge in [0, 0.05) is 19.7 Å². The van der Waals surface area contributed by atoms with Gasteiger partial charge in [0.2, 0.25) is 0 Å². The number of benzene rings is 2. The van der Waals surface area contributed by atoms with Crippen LogP contribution in [0.25, 0.3) is 0 Å². The van der Waals surface area contributed by atoms with Crippen LogP contribution < -0.4 is 10.2 Å². The van der Waals surface area contributed by atoms with Gasteiger partial charge >= 0.3 is 6.03 Å². The van der Waals surface area contributed by atoms with E-state index in [0.29, 0.717) is 11.3 Å². The lowest BCUT2D eigenvalue weighted by Gasteiger charge is -2.18. The van der Waals surface area contributed by atoms with Crippen LogP contribution >= 0.6 is 11.6 Å². The molecule has 2 aromatic rings. The van der Waals surface area contributed by atoms with Gasteiger partial charge in [-0.2, -0.15) is 0 Å². The van der Waals surface area contributed by atoms with Crippen LogP contribution in [0.1, 0.15) is 5.56 Å². The van der Waals surface area contributed by atoms with Crippen molar-refractivity contribution in [3.8, 4) is 0 Å². The topological polar surface area (TPSA) is 32.3 Å². The quantitative estimate of drug-likeness (QED) is 0.920. The third-order valence-electron chi connectivity index (χ3n) is 2.82. The molecule has 0 aliphatic heterocycles. The van der Waals surface area contributed by atoms with Gasteiger partial charge < -0.3 is 5.32 Å². The van der Waals surface area contributed by atoms with Crippen LogP contribution in [0.15, 0.2) is 42.5 Å². The van der Waals surface area contributed by atoms with E-state index in [9.17, 15) is 9.18 Å². The second-order valence-electron chi connectivity index (χ2n) is 4.18. The number of carbonyl (C=O) groups is 1. The first-order valence-electron chi connectivity index (χ1n) is 6.00. The first-order chi connectivity index (χ1) is 9.59. The van der Waals surface area contributed by atoms with E-state index in [0.717, 1.165) is 0 Å². The van der Waals surface area contributed by atoms with Crippen LogP contribution in [-0.2, 0) is 6.54 Å². The molecule has 0 spiro atoms. The standard InChI is InChI=1S/C15H13ClFN2O/c1-19(12-7-3-2-4-8-12)15(20)18-10-11-6-5-9-13(17)14(11)16/h2-7,9H,10H2,1H3,(H,18,20). The maximum Gasteiger partial charge on any atom is 0.321 e. The predicted molar refractivity (Wildman–Crippen MR) is 77.3 cm³/mol. The summed E-state index contributed by atoms with van der Waals surface area (Å²) in [5.41, 5.74) is 1.18. The molecule has 2 rings (SSSR count). The normalized spacial score (nSPS) is 10.2. The molecule has 0 fully saturated rings. The third kappa shape index (κ3) is 3.27. The summed E-state index contributed by atoms with van der Waals surface area (Å²) in [6.45, 7) is 0.159. The van der Waals surface area contributed by atoms with Crippen LogP contribution in [0.2, 0.25) is 5.02 Å².